The molecule has 0 bridgehead atoms. The molecule has 1 fully saturated rings. The van der Waals surface area contributed by atoms with Crippen molar-refractivity contribution in [1.82, 2.24) is 4.90 Å². The van der Waals surface area contributed by atoms with Crippen LogP contribution in [0.1, 0.15) is 47.7 Å². The van der Waals surface area contributed by atoms with Crippen LogP contribution in [0.4, 0.5) is 4.39 Å². The van der Waals surface area contributed by atoms with Crippen LogP contribution in [0.15, 0.2) is 36.1 Å². The Morgan fingerprint density at radius 1 is 1.32 bits per heavy atom. The van der Waals surface area contributed by atoms with Gasteiger partial charge in [0, 0.05) is 18.2 Å². The van der Waals surface area contributed by atoms with E-state index in [1.54, 1.807) is 12.1 Å². The van der Waals surface area contributed by atoms with Crippen LogP contribution < -0.4 is 4.74 Å². The van der Waals surface area contributed by atoms with Crippen molar-refractivity contribution < 1.29 is 19.0 Å². The van der Waals surface area contributed by atoms with Crippen LogP contribution in [-0.4, -0.2) is 28.4 Å². The zero-order chi connectivity index (χ0) is 19.8. The fourth-order valence-corrected chi connectivity index (χ4v) is 4.04. The van der Waals surface area contributed by atoms with Gasteiger partial charge in [-0.3, -0.25) is 9.69 Å². The number of fused-ring (bicyclic) bond motifs is 1. The molecular formula is C22H21ClFNO3. The van der Waals surface area contributed by atoms with Gasteiger partial charge in [0.1, 0.15) is 17.3 Å². The number of nitrogens with zero attached hydrogens (tertiary/aromatic N) is 1. The van der Waals surface area contributed by atoms with Gasteiger partial charge in [-0.1, -0.05) is 24.1 Å². The third-order valence-corrected chi connectivity index (χ3v) is 5.82. The fraction of sp³-hybridized carbons (Fsp3) is 0.318. The number of carbonyl (C=O) groups excluding carboxylic acids is 1. The second kappa shape index (κ2) is 7.57. The number of allylic oxidation sites excluding steroid dienone is 1. The molecule has 2 aliphatic heterocycles. The van der Waals surface area contributed by atoms with Gasteiger partial charge in [0.15, 0.2) is 5.76 Å². The first-order chi connectivity index (χ1) is 13.5. The standard InChI is InChI=1S/C22H21ClFNO3/c1-13-5-2-3-10-25(13)12-16-19(26)9-8-14-21(27)20(28-22(14)16)11-15-17(23)6-4-7-18(15)24/h4,6-9,11,13,26H,2-3,5,10,12H2,1H3/t13-/m1/s1. The van der Waals surface area contributed by atoms with E-state index < -0.39 is 5.82 Å². The monoisotopic (exact) mass is 401 g/mol. The van der Waals surface area contributed by atoms with Crippen LogP contribution in [0.25, 0.3) is 6.08 Å². The SMILES string of the molecule is C[C@@H]1CCCCN1Cc1c(O)ccc2c1OC(=Cc1c(F)cccc1Cl)C2=O. The highest BCUT2D eigenvalue weighted by Crippen LogP contribution is 2.41. The average molecular weight is 402 g/mol. The first-order valence-corrected chi connectivity index (χ1v) is 9.80. The molecule has 146 valence electrons. The van der Waals surface area contributed by atoms with E-state index in [-0.39, 0.29) is 27.9 Å². The Balaban J connectivity index is 1.70. The minimum Gasteiger partial charge on any atom is -0.507 e. The molecule has 1 atom stereocenters. The van der Waals surface area contributed by atoms with E-state index in [1.165, 1.54) is 30.7 Å². The van der Waals surface area contributed by atoms with Crippen LogP contribution in [0.5, 0.6) is 11.5 Å². The highest BCUT2D eigenvalue weighted by atomic mass is 35.5. The maximum atomic E-state index is 14.1. The Bertz CT molecular complexity index is 952. The summed E-state index contributed by atoms with van der Waals surface area (Å²) in [5.74, 6) is -0.434. The lowest BCUT2D eigenvalue weighted by molar-refractivity contribution is 0.101. The number of rotatable bonds is 3. The molecule has 0 spiro atoms. The Morgan fingerprint density at radius 2 is 2.14 bits per heavy atom. The van der Waals surface area contributed by atoms with Gasteiger partial charge in [-0.05, 0) is 56.7 Å². The lowest BCUT2D eigenvalue weighted by atomic mass is 10.0. The Hall–Kier alpha value is -2.37. The minimum atomic E-state index is -0.530. The Morgan fingerprint density at radius 3 is 2.89 bits per heavy atom. The normalized spacial score (nSPS) is 21.0. The van der Waals surface area contributed by atoms with E-state index in [4.69, 9.17) is 16.3 Å². The third kappa shape index (κ3) is 3.40. The number of Topliss-reactive ketones (excluding diaryl/α,β-unsaturated/α-hetero) is 1. The number of ketones is 1. The lowest BCUT2D eigenvalue weighted by Gasteiger charge is -2.33. The van der Waals surface area contributed by atoms with Gasteiger partial charge in [0.2, 0.25) is 5.78 Å². The van der Waals surface area contributed by atoms with Gasteiger partial charge < -0.3 is 9.84 Å². The molecule has 4 nitrogen and oxygen atoms in total. The van der Waals surface area contributed by atoms with Gasteiger partial charge in [-0.15, -0.1) is 0 Å². The highest BCUT2D eigenvalue weighted by Gasteiger charge is 2.33. The summed E-state index contributed by atoms with van der Waals surface area (Å²) in [6.07, 6.45) is 4.73. The molecule has 2 aromatic rings. The number of hydrogen-bond acceptors (Lipinski definition) is 4. The smallest absolute Gasteiger partial charge is 0.231 e. The summed E-state index contributed by atoms with van der Waals surface area (Å²) in [7, 11) is 0. The number of ether oxygens (including phenoxy) is 1. The van der Waals surface area contributed by atoms with Crippen molar-refractivity contribution in [2.75, 3.05) is 6.54 Å². The maximum Gasteiger partial charge on any atom is 0.231 e. The summed E-state index contributed by atoms with van der Waals surface area (Å²) in [5, 5.41) is 10.6. The highest BCUT2D eigenvalue weighted by molar-refractivity contribution is 6.32. The Kier molecular flexibility index (Phi) is 5.13. The van der Waals surface area contributed by atoms with Crippen LogP contribution in [-0.2, 0) is 6.54 Å². The van der Waals surface area contributed by atoms with Crippen molar-refractivity contribution in [3.05, 3.63) is 63.6 Å². The molecule has 0 amide bonds. The van der Waals surface area contributed by atoms with E-state index in [0.29, 0.717) is 29.5 Å². The number of phenolic OH excluding ortho intramolecular Hbond substituents is 1. The first-order valence-electron chi connectivity index (χ1n) is 9.43. The Labute approximate surface area is 168 Å². The molecule has 2 heterocycles. The summed E-state index contributed by atoms with van der Waals surface area (Å²) >= 11 is 6.07. The molecule has 2 aromatic carbocycles. The largest absolute Gasteiger partial charge is 0.507 e. The molecule has 0 unspecified atom stereocenters. The van der Waals surface area contributed by atoms with Gasteiger partial charge >= 0.3 is 0 Å². The average Bonchev–Trinajstić information content (AvgIpc) is 2.98. The van der Waals surface area contributed by atoms with Crippen LogP contribution in [0, 0.1) is 5.82 Å². The number of piperidine rings is 1. The minimum absolute atomic E-state index is 0.000502. The quantitative estimate of drug-likeness (QED) is 0.720. The number of halogens is 2. The van der Waals surface area contributed by atoms with Crippen LogP contribution >= 0.6 is 11.6 Å². The molecule has 0 aliphatic carbocycles. The van der Waals surface area contributed by atoms with E-state index in [0.717, 1.165) is 19.4 Å². The number of likely N-dealkylation sites (tertiary alicyclic amines) is 1. The molecule has 28 heavy (non-hydrogen) atoms. The number of aromatic hydroxyl groups is 1. The number of carbonyl (C=O) groups is 1. The van der Waals surface area contributed by atoms with Crippen molar-refractivity contribution in [3.8, 4) is 11.5 Å². The van der Waals surface area contributed by atoms with Crippen LogP contribution in [0.3, 0.4) is 0 Å². The van der Waals surface area contributed by atoms with E-state index in [2.05, 4.69) is 11.8 Å². The summed E-state index contributed by atoms with van der Waals surface area (Å²) in [4.78, 5) is 15.1. The van der Waals surface area contributed by atoms with E-state index in [1.807, 2.05) is 0 Å². The van der Waals surface area contributed by atoms with Crippen molar-refractivity contribution in [2.45, 2.75) is 38.8 Å². The van der Waals surface area contributed by atoms with Crippen molar-refractivity contribution in [3.63, 3.8) is 0 Å². The van der Waals surface area contributed by atoms with Gasteiger partial charge in [-0.2, -0.15) is 0 Å². The van der Waals surface area contributed by atoms with Gasteiger partial charge in [0.05, 0.1) is 16.1 Å². The molecule has 0 radical (unpaired) electrons. The first kappa shape index (κ1) is 19.0. The molecule has 6 heteroatoms. The van der Waals surface area contributed by atoms with Gasteiger partial charge in [0.25, 0.3) is 0 Å². The van der Waals surface area contributed by atoms with Crippen molar-refractivity contribution in [2.24, 2.45) is 0 Å². The van der Waals surface area contributed by atoms with Gasteiger partial charge in [-0.25, -0.2) is 4.39 Å². The molecule has 4 rings (SSSR count). The predicted molar refractivity (Wildman–Crippen MR) is 106 cm³/mol. The molecular weight excluding hydrogens is 381 g/mol. The summed E-state index contributed by atoms with van der Waals surface area (Å²) in [5.41, 5.74) is 1.06. The number of hydrogen-bond donors (Lipinski definition) is 1. The summed E-state index contributed by atoms with van der Waals surface area (Å²) in [6.45, 7) is 3.60. The van der Waals surface area contributed by atoms with E-state index in [9.17, 15) is 14.3 Å². The molecule has 0 aromatic heterocycles. The van der Waals surface area contributed by atoms with Crippen molar-refractivity contribution in [1.29, 1.82) is 0 Å². The molecule has 1 saturated heterocycles. The number of phenols is 1. The zero-order valence-electron chi connectivity index (χ0n) is 15.5. The summed E-state index contributed by atoms with van der Waals surface area (Å²) < 4.78 is 19.9. The van der Waals surface area contributed by atoms with Crippen LogP contribution in [0.2, 0.25) is 5.02 Å². The number of benzene rings is 2. The van der Waals surface area contributed by atoms with E-state index >= 15 is 0 Å². The topological polar surface area (TPSA) is 49.8 Å². The third-order valence-electron chi connectivity index (χ3n) is 5.49. The zero-order valence-corrected chi connectivity index (χ0v) is 16.3. The second-order valence-corrected chi connectivity index (χ2v) is 7.74. The van der Waals surface area contributed by atoms with Crippen molar-refractivity contribution >= 4 is 23.5 Å². The molecule has 2 aliphatic rings. The molecule has 1 N–H and O–H groups in total. The summed E-state index contributed by atoms with van der Waals surface area (Å²) in [6, 6.07) is 7.79. The molecule has 0 saturated carbocycles. The fourth-order valence-electron chi connectivity index (χ4n) is 3.82. The maximum absolute atomic E-state index is 14.1. The predicted octanol–water partition coefficient (Wildman–Crippen LogP) is 5.18. The second-order valence-electron chi connectivity index (χ2n) is 7.33. The lowest BCUT2D eigenvalue weighted by Crippen LogP contribution is -2.36.